The van der Waals surface area contributed by atoms with E-state index < -0.39 is 34.6 Å². The van der Waals surface area contributed by atoms with Crippen LogP contribution in [0.5, 0.6) is 0 Å². The van der Waals surface area contributed by atoms with Gasteiger partial charge in [0.1, 0.15) is 11.6 Å². The van der Waals surface area contributed by atoms with Crippen molar-refractivity contribution in [3.63, 3.8) is 0 Å². The van der Waals surface area contributed by atoms with Gasteiger partial charge in [-0.3, -0.25) is 0 Å². The van der Waals surface area contributed by atoms with Crippen molar-refractivity contribution < 1.29 is 31.4 Å². The molecule has 7 heteroatoms. The standard InChI is InChI=1S/C25H27F5O2/c1-2-3-14-12-31-25(32-13-14)16-6-4-15(5-7-16)17-8-19(26)23(20(27)9-17)18-10-21(28)24(30)22(29)11-18/h8-11,14-16,25H,2-7,12-13H2,1H3. The van der Waals surface area contributed by atoms with E-state index in [9.17, 15) is 22.0 Å². The van der Waals surface area contributed by atoms with Crippen LogP contribution in [-0.2, 0) is 9.47 Å². The van der Waals surface area contributed by atoms with Gasteiger partial charge in [-0.15, -0.1) is 0 Å². The molecule has 4 rings (SSSR count). The Bertz CT molecular complexity index is 901. The number of rotatable bonds is 5. The first kappa shape index (κ1) is 23.2. The second-order valence-electron chi connectivity index (χ2n) is 8.91. The minimum absolute atomic E-state index is 0.0255. The molecule has 2 fully saturated rings. The van der Waals surface area contributed by atoms with Crippen LogP contribution in [0.15, 0.2) is 24.3 Å². The molecule has 0 atom stereocenters. The zero-order valence-corrected chi connectivity index (χ0v) is 18.0. The zero-order valence-electron chi connectivity index (χ0n) is 18.0. The van der Waals surface area contributed by atoms with E-state index in [0.29, 0.717) is 36.8 Å². The molecule has 0 radical (unpaired) electrons. The molecule has 1 saturated carbocycles. The Balaban J connectivity index is 1.43. The highest BCUT2D eigenvalue weighted by Gasteiger charge is 2.33. The Labute approximate surface area is 184 Å². The van der Waals surface area contributed by atoms with Crippen LogP contribution in [0.1, 0.15) is 56.9 Å². The average Bonchev–Trinajstić information content (AvgIpc) is 2.78. The maximum absolute atomic E-state index is 14.8. The first-order valence-corrected chi connectivity index (χ1v) is 11.2. The molecule has 2 aliphatic rings. The van der Waals surface area contributed by atoms with Gasteiger partial charge < -0.3 is 9.47 Å². The summed E-state index contributed by atoms with van der Waals surface area (Å²) in [6.07, 6.45) is 5.10. The summed E-state index contributed by atoms with van der Waals surface area (Å²) in [6.45, 7) is 3.56. The number of ether oxygens (including phenoxy) is 2. The predicted octanol–water partition coefficient (Wildman–Crippen LogP) is 7.11. The van der Waals surface area contributed by atoms with E-state index in [1.807, 2.05) is 0 Å². The Morgan fingerprint density at radius 2 is 1.34 bits per heavy atom. The van der Waals surface area contributed by atoms with Gasteiger partial charge >= 0.3 is 0 Å². The molecule has 1 heterocycles. The van der Waals surface area contributed by atoms with Gasteiger partial charge in [0.15, 0.2) is 23.7 Å². The van der Waals surface area contributed by atoms with Crippen molar-refractivity contribution in [3.05, 3.63) is 58.9 Å². The van der Waals surface area contributed by atoms with Crippen molar-refractivity contribution in [1.82, 2.24) is 0 Å². The number of hydrogen-bond acceptors (Lipinski definition) is 2. The fraction of sp³-hybridized carbons (Fsp3) is 0.520. The summed E-state index contributed by atoms with van der Waals surface area (Å²) < 4.78 is 81.6. The van der Waals surface area contributed by atoms with Gasteiger partial charge in [-0.25, -0.2) is 22.0 Å². The van der Waals surface area contributed by atoms with E-state index in [2.05, 4.69) is 6.92 Å². The molecule has 0 bridgehead atoms. The molecule has 0 spiro atoms. The molecule has 1 saturated heterocycles. The third-order valence-corrected chi connectivity index (χ3v) is 6.65. The number of benzene rings is 2. The number of halogens is 5. The molecule has 2 aromatic carbocycles. The Morgan fingerprint density at radius 1 is 0.781 bits per heavy atom. The maximum atomic E-state index is 14.8. The third-order valence-electron chi connectivity index (χ3n) is 6.65. The van der Waals surface area contributed by atoms with Crippen LogP contribution >= 0.6 is 0 Å². The van der Waals surface area contributed by atoms with E-state index in [0.717, 1.165) is 38.5 Å². The van der Waals surface area contributed by atoms with Gasteiger partial charge in [-0.05, 0) is 73.4 Å². The van der Waals surface area contributed by atoms with Gasteiger partial charge in [0.05, 0.1) is 18.8 Å². The topological polar surface area (TPSA) is 18.5 Å². The lowest BCUT2D eigenvalue weighted by Gasteiger charge is -2.37. The minimum Gasteiger partial charge on any atom is -0.352 e. The van der Waals surface area contributed by atoms with Crippen LogP contribution in [0, 0.1) is 40.9 Å². The summed E-state index contributed by atoms with van der Waals surface area (Å²) in [5.41, 5.74) is -0.427. The van der Waals surface area contributed by atoms with Crippen molar-refractivity contribution >= 4 is 0 Å². The largest absolute Gasteiger partial charge is 0.352 e. The normalized spacial score (nSPS) is 26.3. The first-order chi connectivity index (χ1) is 15.4. The summed E-state index contributed by atoms with van der Waals surface area (Å²) in [6, 6.07) is 3.62. The first-order valence-electron chi connectivity index (χ1n) is 11.2. The van der Waals surface area contributed by atoms with Crippen molar-refractivity contribution in [2.75, 3.05) is 13.2 Å². The van der Waals surface area contributed by atoms with Crippen LogP contribution in [0.25, 0.3) is 11.1 Å². The Morgan fingerprint density at radius 3 is 1.88 bits per heavy atom. The highest BCUT2D eigenvalue weighted by atomic mass is 19.2. The lowest BCUT2D eigenvalue weighted by Crippen LogP contribution is -2.38. The molecule has 1 aliphatic carbocycles. The molecule has 174 valence electrons. The van der Waals surface area contributed by atoms with Crippen molar-refractivity contribution in [2.45, 2.75) is 57.7 Å². The fourth-order valence-electron chi connectivity index (χ4n) is 4.93. The van der Waals surface area contributed by atoms with E-state index >= 15 is 0 Å². The monoisotopic (exact) mass is 454 g/mol. The molecule has 2 nitrogen and oxygen atoms in total. The van der Waals surface area contributed by atoms with Crippen LogP contribution in [0.4, 0.5) is 22.0 Å². The number of hydrogen-bond donors (Lipinski definition) is 0. The molecule has 0 amide bonds. The van der Waals surface area contributed by atoms with E-state index in [1.165, 1.54) is 12.1 Å². The van der Waals surface area contributed by atoms with Crippen LogP contribution in [0.3, 0.4) is 0 Å². The van der Waals surface area contributed by atoms with Crippen LogP contribution < -0.4 is 0 Å². The predicted molar refractivity (Wildman–Crippen MR) is 110 cm³/mol. The highest BCUT2D eigenvalue weighted by molar-refractivity contribution is 5.65. The Kier molecular flexibility index (Phi) is 7.15. The van der Waals surface area contributed by atoms with E-state index in [4.69, 9.17) is 9.47 Å². The minimum atomic E-state index is -1.67. The SMILES string of the molecule is CCCC1COC(C2CCC(c3cc(F)c(-c4cc(F)c(F)c(F)c4)c(F)c3)CC2)OC1. The van der Waals surface area contributed by atoms with Gasteiger partial charge in [-0.2, -0.15) is 0 Å². The molecule has 0 N–H and O–H groups in total. The third kappa shape index (κ3) is 4.84. The second-order valence-corrected chi connectivity index (χ2v) is 8.91. The summed E-state index contributed by atoms with van der Waals surface area (Å²) in [5.74, 6) is -5.82. The van der Waals surface area contributed by atoms with Crippen molar-refractivity contribution in [2.24, 2.45) is 11.8 Å². The zero-order chi connectivity index (χ0) is 22.8. The molecule has 0 unspecified atom stereocenters. The lowest BCUT2D eigenvalue weighted by molar-refractivity contribution is -0.229. The highest BCUT2D eigenvalue weighted by Crippen LogP contribution is 2.40. The molecule has 0 aromatic heterocycles. The quantitative estimate of drug-likeness (QED) is 0.354. The second kappa shape index (κ2) is 9.87. The van der Waals surface area contributed by atoms with Gasteiger partial charge in [-0.1, -0.05) is 13.3 Å². The van der Waals surface area contributed by atoms with Gasteiger partial charge in [0.25, 0.3) is 0 Å². The van der Waals surface area contributed by atoms with Gasteiger partial charge in [0, 0.05) is 11.8 Å². The van der Waals surface area contributed by atoms with E-state index in [1.54, 1.807) is 0 Å². The van der Waals surface area contributed by atoms with Crippen molar-refractivity contribution in [3.8, 4) is 11.1 Å². The summed E-state index contributed by atoms with van der Waals surface area (Å²) in [4.78, 5) is 0. The van der Waals surface area contributed by atoms with Crippen molar-refractivity contribution in [1.29, 1.82) is 0 Å². The summed E-state index contributed by atoms with van der Waals surface area (Å²) >= 11 is 0. The van der Waals surface area contributed by atoms with E-state index in [-0.39, 0.29) is 23.7 Å². The summed E-state index contributed by atoms with van der Waals surface area (Å²) in [5, 5.41) is 0. The molecular formula is C25H27F5O2. The average molecular weight is 454 g/mol. The van der Waals surface area contributed by atoms with Crippen LogP contribution in [-0.4, -0.2) is 19.5 Å². The Hall–Kier alpha value is -1.99. The maximum Gasteiger partial charge on any atom is 0.194 e. The van der Waals surface area contributed by atoms with Gasteiger partial charge in [0.2, 0.25) is 0 Å². The fourth-order valence-corrected chi connectivity index (χ4v) is 4.93. The molecule has 1 aliphatic heterocycles. The molecule has 32 heavy (non-hydrogen) atoms. The lowest BCUT2D eigenvalue weighted by atomic mass is 9.78. The smallest absolute Gasteiger partial charge is 0.194 e. The molecular weight excluding hydrogens is 427 g/mol. The summed E-state index contributed by atoms with van der Waals surface area (Å²) in [7, 11) is 0. The van der Waals surface area contributed by atoms with Crippen LogP contribution in [0.2, 0.25) is 0 Å². The molecule has 2 aromatic rings.